The molecule has 2 heterocycles. The van der Waals surface area contributed by atoms with Gasteiger partial charge in [0.15, 0.2) is 6.10 Å². The minimum absolute atomic E-state index is 0.000705. The molecular weight excluding hydrogens is 396 g/mol. The molecule has 2 aromatic carbocycles. The van der Waals surface area contributed by atoms with Crippen molar-refractivity contribution in [3.05, 3.63) is 87.6 Å². The van der Waals surface area contributed by atoms with Crippen LogP contribution >= 0.6 is 11.3 Å². The van der Waals surface area contributed by atoms with Gasteiger partial charge in [-0.05, 0) is 41.6 Å². The third kappa shape index (κ3) is 4.54. The van der Waals surface area contributed by atoms with Gasteiger partial charge in [0, 0.05) is 18.5 Å². The second-order valence-corrected chi connectivity index (χ2v) is 8.25. The number of methoxy groups -OCH3 is 1. The summed E-state index contributed by atoms with van der Waals surface area (Å²) >= 11 is 1.45. The summed E-state index contributed by atoms with van der Waals surface area (Å²) in [4.78, 5) is 21.5. The Morgan fingerprint density at radius 1 is 1.20 bits per heavy atom. The summed E-state index contributed by atoms with van der Waals surface area (Å²) in [5.41, 5.74) is 4.22. The van der Waals surface area contributed by atoms with Crippen LogP contribution in [0.25, 0.3) is 0 Å². The number of thiophene rings is 1. The van der Waals surface area contributed by atoms with E-state index in [1.54, 1.807) is 7.11 Å². The highest BCUT2D eigenvalue weighted by molar-refractivity contribution is 7.12. The van der Waals surface area contributed by atoms with Crippen LogP contribution in [-0.2, 0) is 11.4 Å². The van der Waals surface area contributed by atoms with E-state index in [0.29, 0.717) is 19.5 Å². The Balaban J connectivity index is 1.50. The maximum Gasteiger partial charge on any atom is 0.264 e. The number of ether oxygens (including phenoxy) is 1. The Kier molecular flexibility index (Phi) is 6.14. The van der Waals surface area contributed by atoms with Gasteiger partial charge in [0.2, 0.25) is 0 Å². The molecule has 4 rings (SSSR count). The molecule has 6 heteroatoms. The molecule has 1 unspecified atom stereocenters. The lowest BCUT2D eigenvalue weighted by molar-refractivity contribution is 0.0408. The average Bonchev–Trinajstić information content (AvgIpc) is 3.46. The summed E-state index contributed by atoms with van der Waals surface area (Å²) in [5.74, 6) is 0.777. The van der Waals surface area contributed by atoms with Crippen molar-refractivity contribution in [3.8, 4) is 5.75 Å². The number of nitrogens with zero attached hydrogens (tertiary/aromatic N) is 2. The zero-order valence-corrected chi connectivity index (χ0v) is 17.9. The van der Waals surface area contributed by atoms with Crippen LogP contribution in [0, 0.1) is 6.92 Å². The molecule has 0 aliphatic carbocycles. The van der Waals surface area contributed by atoms with E-state index in [4.69, 9.17) is 9.57 Å². The summed E-state index contributed by atoms with van der Waals surface area (Å²) < 4.78 is 5.33. The summed E-state index contributed by atoms with van der Waals surface area (Å²) in [6, 6.07) is 19.7. The number of hydrogen-bond acceptors (Lipinski definition) is 5. The first kappa shape index (κ1) is 20.2. The fourth-order valence-corrected chi connectivity index (χ4v) is 4.29. The predicted molar refractivity (Wildman–Crippen MR) is 119 cm³/mol. The number of carbonyl (C=O) groups is 1. The number of hydrogen-bond donors (Lipinski definition) is 0. The molecule has 0 spiro atoms. The fourth-order valence-electron chi connectivity index (χ4n) is 3.59. The highest BCUT2D eigenvalue weighted by Gasteiger charge is 2.28. The lowest BCUT2D eigenvalue weighted by Crippen LogP contribution is -2.37. The average molecular weight is 421 g/mol. The molecule has 1 amide bonds. The standard InChI is InChI=1S/C24H24N2O3S/c1-17-7-3-4-10-21(17)22-14-20(29-25-22)16-26(24(27)23-11-6-12-30-23)15-18-8-5-9-19(13-18)28-2/h3-13,20H,14-16H2,1-2H3. The van der Waals surface area contributed by atoms with Crippen molar-refractivity contribution in [2.75, 3.05) is 13.7 Å². The third-order valence-corrected chi connectivity index (χ3v) is 6.00. The van der Waals surface area contributed by atoms with E-state index in [1.807, 2.05) is 58.8 Å². The zero-order valence-electron chi connectivity index (χ0n) is 17.1. The van der Waals surface area contributed by atoms with Gasteiger partial charge in [-0.1, -0.05) is 47.6 Å². The first-order valence-electron chi connectivity index (χ1n) is 9.88. The first-order valence-corrected chi connectivity index (χ1v) is 10.8. The molecule has 0 fully saturated rings. The van der Waals surface area contributed by atoms with Crippen LogP contribution in [0.1, 0.15) is 32.8 Å². The van der Waals surface area contributed by atoms with Crippen LogP contribution in [0.5, 0.6) is 5.75 Å². The molecule has 5 nitrogen and oxygen atoms in total. The summed E-state index contributed by atoms with van der Waals surface area (Å²) in [6.07, 6.45) is 0.506. The summed E-state index contributed by atoms with van der Waals surface area (Å²) in [6.45, 7) is 3.01. The van der Waals surface area contributed by atoms with Crippen molar-refractivity contribution in [1.29, 1.82) is 0 Å². The van der Waals surface area contributed by atoms with Crippen molar-refractivity contribution < 1.29 is 14.4 Å². The molecule has 1 aromatic heterocycles. The van der Waals surface area contributed by atoms with Gasteiger partial charge < -0.3 is 14.5 Å². The van der Waals surface area contributed by atoms with Gasteiger partial charge in [-0.15, -0.1) is 11.3 Å². The van der Waals surface area contributed by atoms with E-state index < -0.39 is 0 Å². The molecule has 1 aliphatic heterocycles. The molecule has 0 radical (unpaired) electrons. The molecule has 0 N–H and O–H groups in total. The van der Waals surface area contributed by atoms with Crippen molar-refractivity contribution in [3.63, 3.8) is 0 Å². The number of oxime groups is 1. The van der Waals surface area contributed by atoms with E-state index >= 15 is 0 Å². The number of aryl methyl sites for hydroxylation is 1. The van der Waals surface area contributed by atoms with Gasteiger partial charge in [-0.2, -0.15) is 0 Å². The SMILES string of the molecule is COc1cccc(CN(CC2CC(c3ccccc3C)=NO2)C(=O)c2cccs2)c1. The minimum Gasteiger partial charge on any atom is -0.497 e. The Morgan fingerprint density at radius 3 is 2.83 bits per heavy atom. The van der Waals surface area contributed by atoms with E-state index in [0.717, 1.165) is 27.5 Å². The molecule has 1 atom stereocenters. The van der Waals surface area contributed by atoms with Crippen LogP contribution in [-0.4, -0.2) is 36.3 Å². The smallest absolute Gasteiger partial charge is 0.264 e. The lowest BCUT2D eigenvalue weighted by Gasteiger charge is -2.24. The van der Waals surface area contributed by atoms with Crippen LogP contribution in [0.4, 0.5) is 0 Å². The summed E-state index contributed by atoms with van der Waals surface area (Å²) in [7, 11) is 1.64. The fraction of sp³-hybridized carbons (Fsp3) is 0.250. The van der Waals surface area contributed by atoms with Gasteiger partial charge in [0.25, 0.3) is 5.91 Å². The summed E-state index contributed by atoms with van der Waals surface area (Å²) in [5, 5.41) is 6.24. The minimum atomic E-state index is -0.172. The van der Waals surface area contributed by atoms with Gasteiger partial charge >= 0.3 is 0 Å². The zero-order chi connectivity index (χ0) is 20.9. The predicted octanol–water partition coefficient (Wildman–Crippen LogP) is 4.90. The van der Waals surface area contributed by atoms with Gasteiger partial charge in [-0.25, -0.2) is 0 Å². The Hall–Kier alpha value is -3.12. The van der Waals surface area contributed by atoms with Gasteiger partial charge in [0.1, 0.15) is 5.75 Å². The van der Waals surface area contributed by atoms with E-state index in [-0.39, 0.29) is 12.0 Å². The van der Waals surface area contributed by atoms with E-state index in [9.17, 15) is 4.79 Å². The third-order valence-electron chi connectivity index (χ3n) is 5.14. The monoisotopic (exact) mass is 420 g/mol. The quantitative estimate of drug-likeness (QED) is 0.546. The topological polar surface area (TPSA) is 51.1 Å². The highest BCUT2D eigenvalue weighted by atomic mass is 32.1. The first-order chi connectivity index (χ1) is 14.6. The molecule has 30 heavy (non-hydrogen) atoms. The second kappa shape index (κ2) is 9.13. The van der Waals surface area contributed by atoms with Crippen molar-refractivity contribution in [1.82, 2.24) is 4.90 Å². The second-order valence-electron chi connectivity index (χ2n) is 7.30. The number of benzene rings is 2. The van der Waals surface area contributed by atoms with Crippen molar-refractivity contribution >= 4 is 23.0 Å². The largest absolute Gasteiger partial charge is 0.497 e. The van der Waals surface area contributed by atoms with Crippen LogP contribution in [0.2, 0.25) is 0 Å². The van der Waals surface area contributed by atoms with Crippen molar-refractivity contribution in [2.45, 2.75) is 26.0 Å². The lowest BCUT2D eigenvalue weighted by atomic mass is 10.00. The maximum atomic E-state index is 13.2. The Bertz CT molecular complexity index is 1050. The molecule has 3 aromatic rings. The van der Waals surface area contributed by atoms with Gasteiger partial charge in [0.05, 0.1) is 24.2 Å². The van der Waals surface area contributed by atoms with E-state index in [1.165, 1.54) is 16.9 Å². The molecule has 0 bridgehead atoms. The highest BCUT2D eigenvalue weighted by Crippen LogP contribution is 2.23. The Morgan fingerprint density at radius 2 is 2.07 bits per heavy atom. The number of amides is 1. The molecule has 0 saturated carbocycles. The molecule has 1 aliphatic rings. The normalized spacial score (nSPS) is 15.4. The maximum absolute atomic E-state index is 13.2. The van der Waals surface area contributed by atoms with Gasteiger partial charge in [-0.3, -0.25) is 4.79 Å². The molecule has 0 saturated heterocycles. The number of carbonyl (C=O) groups excluding carboxylic acids is 1. The molecule has 154 valence electrons. The van der Waals surface area contributed by atoms with Crippen molar-refractivity contribution in [2.24, 2.45) is 5.16 Å². The van der Waals surface area contributed by atoms with E-state index in [2.05, 4.69) is 24.2 Å². The van der Waals surface area contributed by atoms with Crippen LogP contribution in [0.15, 0.2) is 71.2 Å². The number of rotatable bonds is 7. The molecular formula is C24H24N2O3S. The van der Waals surface area contributed by atoms with Crippen LogP contribution < -0.4 is 4.74 Å². The van der Waals surface area contributed by atoms with Crippen LogP contribution in [0.3, 0.4) is 0 Å². The Labute approximate surface area is 180 Å².